The van der Waals surface area contributed by atoms with E-state index in [1.165, 1.54) is 0 Å². The van der Waals surface area contributed by atoms with Crippen LogP contribution in [0.4, 0.5) is 5.69 Å². The van der Waals surface area contributed by atoms with Crippen molar-refractivity contribution >= 4 is 33.4 Å². The third kappa shape index (κ3) is 3.59. The number of azo groups is 1. The second-order valence-corrected chi connectivity index (χ2v) is 7.56. The number of para-hydroxylation sites is 1. The number of rotatable bonds is 4. The fourth-order valence-electron chi connectivity index (χ4n) is 3.87. The van der Waals surface area contributed by atoms with E-state index in [1.54, 1.807) is 36.9 Å². The molecule has 0 atom stereocenters. The predicted molar refractivity (Wildman–Crippen MR) is 127 cm³/mol. The number of methoxy groups -OCH3 is 1. The Morgan fingerprint density at radius 3 is 2.52 bits per heavy atom. The van der Waals surface area contributed by atoms with Crippen LogP contribution in [0, 0.1) is 0 Å². The first-order chi connectivity index (χ1) is 16.1. The minimum absolute atomic E-state index is 0.0565. The van der Waals surface area contributed by atoms with Gasteiger partial charge < -0.3 is 14.4 Å². The second-order valence-electron chi connectivity index (χ2n) is 7.56. The fraction of sp³-hybridized carbons (Fsp3) is 0.0769. The molecule has 0 unspecified atom stereocenters. The third-order valence-corrected chi connectivity index (χ3v) is 5.61. The average Bonchev–Trinajstić information content (AvgIpc) is 3.11. The van der Waals surface area contributed by atoms with E-state index in [0.717, 1.165) is 11.1 Å². The van der Waals surface area contributed by atoms with Crippen molar-refractivity contribution in [2.24, 2.45) is 17.3 Å². The van der Waals surface area contributed by atoms with E-state index in [-0.39, 0.29) is 11.6 Å². The van der Waals surface area contributed by atoms with Crippen LogP contribution in [0.5, 0.6) is 11.6 Å². The van der Waals surface area contributed by atoms with Crippen LogP contribution in [0.1, 0.15) is 10.4 Å². The number of carbonyl (C=O) groups excluding carboxylic acids is 1. The lowest BCUT2D eigenvalue weighted by Gasteiger charge is -2.09. The lowest BCUT2D eigenvalue weighted by Crippen LogP contribution is -1.99. The molecule has 33 heavy (non-hydrogen) atoms. The van der Waals surface area contributed by atoms with Crippen LogP contribution in [0.25, 0.3) is 33.1 Å². The number of carbonyl (C=O) groups is 1. The summed E-state index contributed by atoms with van der Waals surface area (Å²) < 4.78 is 6.94. The molecule has 0 aliphatic heterocycles. The highest BCUT2D eigenvalue weighted by molar-refractivity contribution is 6.08. The lowest BCUT2D eigenvalue weighted by molar-refractivity contribution is 0.0996. The quantitative estimate of drug-likeness (QED) is 0.348. The minimum Gasteiger partial charge on any atom is -0.497 e. The molecule has 7 heteroatoms. The zero-order valence-corrected chi connectivity index (χ0v) is 18.1. The van der Waals surface area contributed by atoms with Crippen molar-refractivity contribution < 1.29 is 14.6 Å². The van der Waals surface area contributed by atoms with Gasteiger partial charge in [-0.2, -0.15) is 0 Å². The van der Waals surface area contributed by atoms with Crippen LogP contribution < -0.4 is 4.74 Å². The number of aryl methyl sites for hydroxylation is 1. The normalized spacial score (nSPS) is 11.5. The molecule has 0 bridgehead atoms. The molecule has 0 fully saturated rings. The molecule has 0 spiro atoms. The molecule has 0 aliphatic carbocycles. The number of amides is 1. The summed E-state index contributed by atoms with van der Waals surface area (Å²) in [7, 11) is 3.30. The summed E-state index contributed by atoms with van der Waals surface area (Å²) in [6.07, 6.45) is 0. The Morgan fingerprint density at radius 1 is 0.970 bits per heavy atom. The van der Waals surface area contributed by atoms with Crippen LogP contribution in [-0.2, 0) is 7.05 Å². The van der Waals surface area contributed by atoms with Crippen molar-refractivity contribution in [3.63, 3.8) is 0 Å². The number of fused-ring (bicyclic) bond motifs is 2. The number of aromatic hydroxyl groups is 1. The van der Waals surface area contributed by atoms with E-state index in [9.17, 15) is 9.90 Å². The van der Waals surface area contributed by atoms with Crippen molar-refractivity contribution in [3.05, 3.63) is 84.4 Å². The highest BCUT2D eigenvalue weighted by Crippen LogP contribution is 2.38. The van der Waals surface area contributed by atoms with Gasteiger partial charge in [-0.3, -0.25) is 4.79 Å². The average molecular weight is 436 g/mol. The third-order valence-electron chi connectivity index (χ3n) is 5.61. The summed E-state index contributed by atoms with van der Waals surface area (Å²) in [4.78, 5) is 18.0. The van der Waals surface area contributed by atoms with Crippen molar-refractivity contribution in [2.75, 3.05) is 7.11 Å². The first-order valence-electron chi connectivity index (χ1n) is 10.3. The summed E-state index contributed by atoms with van der Waals surface area (Å²) in [6, 6.07) is 24.1. The molecule has 1 N–H and O–H groups in total. The van der Waals surface area contributed by atoms with E-state index in [1.807, 2.05) is 60.7 Å². The minimum atomic E-state index is -0.542. The maximum Gasteiger partial charge on any atom is 0.296 e. The molecule has 0 saturated heterocycles. The molecule has 0 radical (unpaired) electrons. The summed E-state index contributed by atoms with van der Waals surface area (Å²) in [6.45, 7) is 0. The van der Waals surface area contributed by atoms with Crippen LogP contribution in [0.15, 0.2) is 89.1 Å². The molecule has 2 heterocycles. The van der Waals surface area contributed by atoms with Gasteiger partial charge in [-0.1, -0.05) is 48.5 Å². The number of hydrogen-bond acceptors (Lipinski definition) is 5. The van der Waals surface area contributed by atoms with E-state index in [0.29, 0.717) is 33.3 Å². The Kier molecular flexibility index (Phi) is 5.06. The Bertz CT molecular complexity index is 1540. The number of nitrogens with zero attached hydrogens (tertiary/aromatic N) is 4. The Labute approximate surface area is 189 Å². The smallest absolute Gasteiger partial charge is 0.296 e. The Morgan fingerprint density at radius 2 is 1.73 bits per heavy atom. The molecule has 162 valence electrons. The standard InChI is InChI=1S/C26H20N4O3/c1-30-23-11-7-6-10-18(23)24(26(30)32)28-29-25(31)20-15-22(16-8-4-3-5-9-16)27-21-13-12-17(33-2)14-19(20)21/h3-15,32H,1-2H3. The van der Waals surface area contributed by atoms with E-state index in [2.05, 4.69) is 10.2 Å². The van der Waals surface area contributed by atoms with Gasteiger partial charge in [-0.25, -0.2) is 4.98 Å². The summed E-state index contributed by atoms with van der Waals surface area (Å²) in [5.74, 6) is 0.00796. The maximum atomic E-state index is 13.3. The van der Waals surface area contributed by atoms with Crippen molar-refractivity contribution in [1.29, 1.82) is 0 Å². The van der Waals surface area contributed by atoms with E-state index in [4.69, 9.17) is 9.72 Å². The predicted octanol–water partition coefficient (Wildman–Crippen LogP) is 6.03. The highest BCUT2D eigenvalue weighted by atomic mass is 16.5. The van der Waals surface area contributed by atoms with Crippen molar-refractivity contribution in [3.8, 4) is 22.9 Å². The van der Waals surface area contributed by atoms with E-state index >= 15 is 0 Å². The van der Waals surface area contributed by atoms with Crippen LogP contribution in [0.3, 0.4) is 0 Å². The molecule has 7 nitrogen and oxygen atoms in total. The largest absolute Gasteiger partial charge is 0.497 e. The van der Waals surface area contributed by atoms with Gasteiger partial charge in [0.05, 0.1) is 29.4 Å². The number of hydrogen-bond donors (Lipinski definition) is 1. The van der Waals surface area contributed by atoms with E-state index < -0.39 is 5.91 Å². The second kappa shape index (κ2) is 8.20. The van der Waals surface area contributed by atoms with Gasteiger partial charge in [0.2, 0.25) is 5.88 Å². The first kappa shape index (κ1) is 20.4. The molecular weight excluding hydrogens is 416 g/mol. The molecule has 0 saturated carbocycles. The zero-order valence-electron chi connectivity index (χ0n) is 18.1. The van der Waals surface area contributed by atoms with Crippen molar-refractivity contribution in [2.45, 2.75) is 0 Å². The van der Waals surface area contributed by atoms with Gasteiger partial charge >= 0.3 is 0 Å². The van der Waals surface area contributed by atoms with Gasteiger partial charge in [-0.15, -0.1) is 10.2 Å². The van der Waals surface area contributed by atoms with Gasteiger partial charge in [0, 0.05) is 23.4 Å². The SMILES string of the molecule is COc1ccc2nc(-c3ccccc3)cc(C(=O)N=Nc3c(O)n(C)c4ccccc34)c2c1. The molecule has 1 amide bonds. The molecule has 3 aromatic carbocycles. The summed E-state index contributed by atoms with van der Waals surface area (Å²) >= 11 is 0. The van der Waals surface area contributed by atoms with Crippen LogP contribution >= 0.6 is 0 Å². The maximum absolute atomic E-state index is 13.3. The van der Waals surface area contributed by atoms with Crippen LogP contribution in [-0.4, -0.2) is 27.7 Å². The Hall–Kier alpha value is -4.52. The van der Waals surface area contributed by atoms with Gasteiger partial charge in [-0.05, 0) is 30.3 Å². The molecule has 5 rings (SSSR count). The number of pyridine rings is 1. The molecule has 0 aliphatic rings. The number of ether oxygens (including phenoxy) is 1. The van der Waals surface area contributed by atoms with Crippen LogP contribution in [0.2, 0.25) is 0 Å². The summed E-state index contributed by atoms with van der Waals surface area (Å²) in [5.41, 5.74) is 3.57. The zero-order chi connectivity index (χ0) is 22.9. The van der Waals surface area contributed by atoms with Gasteiger partial charge in [0.25, 0.3) is 5.91 Å². The topological polar surface area (TPSA) is 89.1 Å². The first-order valence-corrected chi connectivity index (χ1v) is 10.3. The highest BCUT2D eigenvalue weighted by Gasteiger charge is 2.17. The fourth-order valence-corrected chi connectivity index (χ4v) is 3.87. The van der Waals surface area contributed by atoms with Gasteiger partial charge in [0.1, 0.15) is 5.75 Å². The molecule has 5 aromatic rings. The molecular formula is C26H20N4O3. The lowest BCUT2D eigenvalue weighted by atomic mass is 10.0. The Balaban J connectivity index is 1.64. The number of aromatic nitrogens is 2. The number of benzene rings is 3. The molecule has 2 aromatic heterocycles. The van der Waals surface area contributed by atoms with Gasteiger partial charge in [0.15, 0.2) is 5.69 Å². The van der Waals surface area contributed by atoms with Crippen molar-refractivity contribution in [1.82, 2.24) is 9.55 Å². The monoisotopic (exact) mass is 436 g/mol. The summed E-state index contributed by atoms with van der Waals surface area (Å²) in [5, 5.41) is 19.9.